The number of fused-ring (bicyclic) bond motifs is 2. The van der Waals surface area contributed by atoms with Crippen molar-refractivity contribution in [1.82, 2.24) is 24.5 Å². The Kier molecular flexibility index (Phi) is 4.39. The van der Waals surface area contributed by atoms with Gasteiger partial charge >= 0.3 is 0 Å². The number of hydrogen-bond acceptors (Lipinski definition) is 6. The van der Waals surface area contributed by atoms with Gasteiger partial charge in [0.1, 0.15) is 0 Å². The molecule has 0 saturated carbocycles. The molecule has 0 spiro atoms. The minimum atomic E-state index is -0.380. The lowest BCUT2D eigenvalue weighted by Gasteiger charge is -2.10. The topological polar surface area (TPSA) is 94.7 Å². The first-order valence-electron chi connectivity index (χ1n) is 9.49. The lowest BCUT2D eigenvalue weighted by molar-refractivity contribution is 0.102. The Morgan fingerprint density at radius 3 is 2.77 bits per heavy atom. The second-order valence-corrected chi connectivity index (χ2v) is 8.61. The van der Waals surface area contributed by atoms with Gasteiger partial charge in [-0.15, -0.1) is 10.2 Å². The number of hydrogen-bond donors (Lipinski definition) is 1. The van der Waals surface area contributed by atoms with Crippen LogP contribution in [0.3, 0.4) is 0 Å². The fourth-order valence-corrected chi connectivity index (χ4v) is 4.58. The number of amides is 1. The van der Waals surface area contributed by atoms with Crippen LogP contribution in [-0.4, -0.2) is 35.7 Å². The number of aromatic nitrogens is 5. The van der Waals surface area contributed by atoms with Crippen LogP contribution >= 0.6 is 11.8 Å². The summed E-state index contributed by atoms with van der Waals surface area (Å²) in [6.45, 7) is 3.01. The fourth-order valence-electron chi connectivity index (χ4n) is 3.62. The Balaban J connectivity index is 1.49. The molecule has 0 bridgehead atoms. The third-order valence-corrected chi connectivity index (χ3v) is 6.08. The molecule has 150 valence electrons. The first-order chi connectivity index (χ1) is 14.5. The third-order valence-electron chi connectivity index (χ3n) is 5.01. The van der Waals surface area contributed by atoms with Crippen LogP contribution < -0.4 is 10.9 Å². The summed E-state index contributed by atoms with van der Waals surface area (Å²) < 4.78 is 3.28. The molecule has 8 nitrogen and oxygen atoms in total. The highest BCUT2D eigenvalue weighted by Gasteiger charge is 2.24. The molecule has 1 N–H and O–H groups in total. The first-order valence-corrected chi connectivity index (χ1v) is 10.4. The van der Waals surface area contributed by atoms with E-state index in [1.807, 2.05) is 24.3 Å². The van der Waals surface area contributed by atoms with Crippen molar-refractivity contribution in [2.75, 3.05) is 5.32 Å². The summed E-state index contributed by atoms with van der Waals surface area (Å²) >= 11 is 1.71. The molecule has 4 aromatic rings. The zero-order valence-electron chi connectivity index (χ0n) is 16.4. The largest absolute Gasteiger partial charge is 0.321 e. The van der Waals surface area contributed by atoms with Gasteiger partial charge < -0.3 is 9.88 Å². The molecule has 1 amide bonds. The summed E-state index contributed by atoms with van der Waals surface area (Å²) in [7, 11) is 1.54. The predicted molar refractivity (Wildman–Crippen MR) is 116 cm³/mol. The van der Waals surface area contributed by atoms with E-state index in [9.17, 15) is 9.59 Å². The Hall–Kier alpha value is -3.46. The Bertz CT molecular complexity index is 1360. The highest BCUT2D eigenvalue weighted by atomic mass is 32.2. The number of rotatable bonds is 3. The van der Waals surface area contributed by atoms with Gasteiger partial charge in [-0.25, -0.2) is 4.68 Å². The number of carbonyl (C=O) groups excluding carboxylic acids is 1. The molecule has 0 unspecified atom stereocenters. The molecular weight excluding hydrogens is 400 g/mol. The molecule has 0 fully saturated rings. The van der Waals surface area contributed by atoms with Crippen LogP contribution in [0.2, 0.25) is 0 Å². The SMILES string of the molecule is C[C@@H]1Cn2c(nnc2-c2cccc(NC(=O)c3nn(C)c(=O)c4ccccc34)c2)S1. The van der Waals surface area contributed by atoms with Crippen molar-refractivity contribution in [1.29, 1.82) is 0 Å². The van der Waals surface area contributed by atoms with Gasteiger partial charge in [0, 0.05) is 35.5 Å². The third kappa shape index (κ3) is 3.07. The van der Waals surface area contributed by atoms with E-state index in [1.165, 1.54) is 11.7 Å². The van der Waals surface area contributed by atoms with Crippen molar-refractivity contribution in [3.05, 3.63) is 64.6 Å². The van der Waals surface area contributed by atoms with Gasteiger partial charge in [0.05, 0.1) is 5.39 Å². The van der Waals surface area contributed by atoms with Gasteiger partial charge in [0.25, 0.3) is 11.5 Å². The number of aryl methyl sites for hydroxylation is 1. The predicted octanol–water partition coefficient (Wildman–Crippen LogP) is 2.94. The van der Waals surface area contributed by atoms with E-state index in [0.29, 0.717) is 21.7 Å². The van der Waals surface area contributed by atoms with Crippen LogP contribution in [0.1, 0.15) is 17.4 Å². The van der Waals surface area contributed by atoms with Crippen LogP contribution in [0.25, 0.3) is 22.2 Å². The van der Waals surface area contributed by atoms with Crippen LogP contribution in [0.5, 0.6) is 0 Å². The van der Waals surface area contributed by atoms with Crippen molar-refractivity contribution >= 4 is 34.1 Å². The van der Waals surface area contributed by atoms with Gasteiger partial charge in [-0.1, -0.05) is 49.0 Å². The van der Waals surface area contributed by atoms with Crippen molar-refractivity contribution < 1.29 is 4.79 Å². The van der Waals surface area contributed by atoms with Gasteiger partial charge in [-0.05, 0) is 18.2 Å². The molecule has 2 aromatic carbocycles. The Labute approximate surface area is 175 Å². The molecule has 3 heterocycles. The van der Waals surface area contributed by atoms with E-state index < -0.39 is 0 Å². The average Bonchev–Trinajstić information content (AvgIpc) is 3.29. The molecule has 1 atom stereocenters. The highest BCUT2D eigenvalue weighted by Crippen LogP contribution is 2.34. The monoisotopic (exact) mass is 418 g/mol. The maximum atomic E-state index is 13.0. The molecule has 9 heteroatoms. The number of nitrogens with zero attached hydrogens (tertiary/aromatic N) is 5. The van der Waals surface area contributed by atoms with Crippen LogP contribution in [0.15, 0.2) is 58.5 Å². The molecule has 30 heavy (non-hydrogen) atoms. The number of benzene rings is 2. The van der Waals surface area contributed by atoms with Crippen molar-refractivity contribution in [3.8, 4) is 11.4 Å². The molecule has 0 aliphatic carbocycles. The van der Waals surface area contributed by atoms with Crippen molar-refractivity contribution in [2.24, 2.45) is 7.05 Å². The summed E-state index contributed by atoms with van der Waals surface area (Å²) in [6.07, 6.45) is 0. The minimum Gasteiger partial charge on any atom is -0.321 e. The summed E-state index contributed by atoms with van der Waals surface area (Å²) in [4.78, 5) is 25.3. The van der Waals surface area contributed by atoms with E-state index in [1.54, 1.807) is 36.0 Å². The molecular formula is C21H18N6O2S. The van der Waals surface area contributed by atoms with E-state index in [4.69, 9.17) is 0 Å². The van der Waals surface area contributed by atoms with E-state index in [-0.39, 0.29) is 17.2 Å². The molecule has 2 aromatic heterocycles. The molecule has 1 aliphatic heterocycles. The number of carbonyl (C=O) groups is 1. The Morgan fingerprint density at radius 1 is 1.13 bits per heavy atom. The second kappa shape index (κ2) is 7.10. The normalized spacial score (nSPS) is 15.3. The van der Waals surface area contributed by atoms with Gasteiger partial charge in [0.2, 0.25) is 0 Å². The van der Waals surface area contributed by atoms with E-state index >= 15 is 0 Å². The fraction of sp³-hybridized carbons (Fsp3) is 0.190. The van der Waals surface area contributed by atoms with E-state index in [2.05, 4.69) is 32.1 Å². The number of anilines is 1. The van der Waals surface area contributed by atoms with Crippen LogP contribution in [0, 0.1) is 0 Å². The lowest BCUT2D eigenvalue weighted by atomic mass is 10.1. The summed E-state index contributed by atoms with van der Waals surface area (Å²) in [5, 5.41) is 18.0. The standard InChI is InChI=1S/C21H18N6O2S/c1-12-11-27-18(23-24-21(27)30-12)13-6-5-7-14(10-13)22-19(28)17-15-8-3-4-9-16(15)20(29)26(2)25-17/h3-10,12H,11H2,1-2H3,(H,22,28)/t12-/m1/s1. The smallest absolute Gasteiger partial charge is 0.276 e. The molecule has 5 rings (SSSR count). The Morgan fingerprint density at radius 2 is 1.93 bits per heavy atom. The van der Waals surface area contributed by atoms with Gasteiger partial charge in [-0.2, -0.15) is 5.10 Å². The van der Waals surface area contributed by atoms with Gasteiger partial charge in [-0.3, -0.25) is 9.59 Å². The molecule has 0 saturated heterocycles. The average molecular weight is 418 g/mol. The quantitative estimate of drug-likeness (QED) is 0.550. The van der Waals surface area contributed by atoms with Crippen molar-refractivity contribution in [3.63, 3.8) is 0 Å². The zero-order valence-corrected chi connectivity index (χ0v) is 17.2. The summed E-state index contributed by atoms with van der Waals surface area (Å²) in [5.41, 5.74) is 1.46. The highest BCUT2D eigenvalue weighted by molar-refractivity contribution is 7.99. The maximum Gasteiger partial charge on any atom is 0.276 e. The number of nitrogens with one attached hydrogen (secondary N) is 1. The minimum absolute atomic E-state index is 0.201. The molecule has 1 aliphatic rings. The van der Waals surface area contributed by atoms with Crippen molar-refractivity contribution in [2.45, 2.75) is 23.9 Å². The molecule has 0 radical (unpaired) electrons. The van der Waals surface area contributed by atoms with Crippen LogP contribution in [-0.2, 0) is 13.6 Å². The first kappa shape index (κ1) is 18.6. The van der Waals surface area contributed by atoms with Crippen LogP contribution in [0.4, 0.5) is 5.69 Å². The second-order valence-electron chi connectivity index (χ2n) is 7.20. The zero-order chi connectivity index (χ0) is 20.8. The van der Waals surface area contributed by atoms with E-state index in [0.717, 1.165) is 23.1 Å². The summed E-state index contributed by atoms with van der Waals surface area (Å²) in [5.74, 6) is 0.401. The van der Waals surface area contributed by atoms with Gasteiger partial charge in [0.15, 0.2) is 16.7 Å². The summed E-state index contributed by atoms with van der Waals surface area (Å²) in [6, 6.07) is 14.5. The maximum absolute atomic E-state index is 13.0. The number of thioether (sulfide) groups is 1. The lowest BCUT2D eigenvalue weighted by Crippen LogP contribution is -2.25.